The first kappa shape index (κ1) is 16.3. The molecule has 2 rings (SSSR count). The zero-order valence-electron chi connectivity index (χ0n) is 12.1. The molecule has 1 aromatic rings. The van der Waals surface area contributed by atoms with Crippen molar-refractivity contribution in [1.29, 1.82) is 0 Å². The Morgan fingerprint density at radius 1 is 1.52 bits per heavy atom. The molecular formula is C13H16N4O6. The summed E-state index contributed by atoms with van der Waals surface area (Å²) in [4.78, 5) is 32.1. The molecule has 1 aromatic carbocycles. The summed E-state index contributed by atoms with van der Waals surface area (Å²) in [7, 11) is 0. The lowest BCUT2D eigenvalue weighted by atomic mass is 10.1. The minimum atomic E-state index is -1.10. The van der Waals surface area contributed by atoms with Crippen LogP contribution in [-0.2, 0) is 0 Å². The van der Waals surface area contributed by atoms with E-state index in [1.807, 2.05) is 0 Å². The Labute approximate surface area is 130 Å². The first-order valence-electron chi connectivity index (χ1n) is 6.87. The highest BCUT2D eigenvalue weighted by Crippen LogP contribution is 2.39. The SMILES string of the molecule is NC(=O)c1cc2c(c([N+](=O)[O-])c1)NC(CCCNC(=O)O)CO2. The number of amides is 2. The highest BCUT2D eigenvalue weighted by Gasteiger charge is 2.28. The van der Waals surface area contributed by atoms with Crippen LogP contribution in [0.5, 0.6) is 5.75 Å². The number of primary amides is 1. The maximum absolute atomic E-state index is 11.2. The van der Waals surface area contributed by atoms with Gasteiger partial charge in [-0.3, -0.25) is 14.9 Å². The van der Waals surface area contributed by atoms with Gasteiger partial charge in [-0.15, -0.1) is 0 Å². The number of hydrogen-bond acceptors (Lipinski definition) is 6. The number of nitrogens with one attached hydrogen (secondary N) is 2. The van der Waals surface area contributed by atoms with Gasteiger partial charge >= 0.3 is 6.09 Å². The highest BCUT2D eigenvalue weighted by atomic mass is 16.6. The molecule has 10 nitrogen and oxygen atoms in total. The molecular weight excluding hydrogens is 308 g/mol. The third-order valence-electron chi connectivity index (χ3n) is 3.36. The molecule has 1 atom stereocenters. The van der Waals surface area contributed by atoms with E-state index in [0.29, 0.717) is 12.8 Å². The second-order valence-electron chi connectivity index (χ2n) is 5.02. The number of nitrogens with zero attached hydrogens (tertiary/aromatic N) is 1. The number of benzene rings is 1. The van der Waals surface area contributed by atoms with Crippen molar-refractivity contribution in [3.8, 4) is 5.75 Å². The number of carbonyl (C=O) groups is 2. The van der Waals surface area contributed by atoms with Gasteiger partial charge in [0.2, 0.25) is 5.91 Å². The Morgan fingerprint density at radius 2 is 2.26 bits per heavy atom. The molecule has 0 fully saturated rings. The maximum Gasteiger partial charge on any atom is 0.404 e. The Kier molecular flexibility index (Phi) is 4.84. The molecule has 0 spiro atoms. The fourth-order valence-electron chi connectivity index (χ4n) is 2.28. The average molecular weight is 324 g/mol. The van der Waals surface area contributed by atoms with Gasteiger partial charge in [-0.25, -0.2) is 4.79 Å². The zero-order chi connectivity index (χ0) is 17.0. The normalized spacial score (nSPS) is 15.7. The van der Waals surface area contributed by atoms with Gasteiger partial charge in [-0.1, -0.05) is 0 Å². The smallest absolute Gasteiger partial charge is 0.404 e. The molecule has 124 valence electrons. The van der Waals surface area contributed by atoms with Crippen molar-refractivity contribution < 1.29 is 24.4 Å². The Bertz CT molecular complexity index is 648. The lowest BCUT2D eigenvalue weighted by molar-refractivity contribution is -0.384. The molecule has 0 saturated carbocycles. The number of nitro benzene ring substituents is 1. The standard InChI is InChI=1S/C13H16N4O6/c14-12(18)7-4-9(17(21)22)11-10(5-7)23-6-8(16-11)2-1-3-15-13(19)20/h4-5,8,15-16H,1-3,6H2,(H2,14,18)(H,19,20). The Morgan fingerprint density at radius 3 is 2.87 bits per heavy atom. The summed E-state index contributed by atoms with van der Waals surface area (Å²) in [5.41, 5.74) is 5.07. The summed E-state index contributed by atoms with van der Waals surface area (Å²) in [6.45, 7) is 0.530. The van der Waals surface area contributed by atoms with Crippen molar-refractivity contribution in [3.63, 3.8) is 0 Å². The average Bonchev–Trinajstić information content (AvgIpc) is 2.49. The van der Waals surface area contributed by atoms with Crippen LogP contribution in [0.25, 0.3) is 0 Å². The number of nitrogens with two attached hydrogens (primary N) is 1. The number of ether oxygens (including phenoxy) is 1. The second-order valence-corrected chi connectivity index (χ2v) is 5.02. The molecule has 0 radical (unpaired) electrons. The Hall–Kier alpha value is -3.04. The second kappa shape index (κ2) is 6.81. The van der Waals surface area contributed by atoms with Gasteiger partial charge in [0.1, 0.15) is 12.4 Å². The lowest BCUT2D eigenvalue weighted by Crippen LogP contribution is -2.33. The zero-order valence-corrected chi connectivity index (χ0v) is 12.1. The molecule has 0 saturated heterocycles. The lowest BCUT2D eigenvalue weighted by Gasteiger charge is -2.27. The van der Waals surface area contributed by atoms with Gasteiger partial charge in [-0.2, -0.15) is 0 Å². The van der Waals surface area contributed by atoms with E-state index in [-0.39, 0.29) is 41.9 Å². The van der Waals surface area contributed by atoms with Crippen LogP contribution in [0.3, 0.4) is 0 Å². The van der Waals surface area contributed by atoms with E-state index in [9.17, 15) is 19.7 Å². The van der Waals surface area contributed by atoms with Crippen molar-refractivity contribution in [3.05, 3.63) is 27.8 Å². The van der Waals surface area contributed by atoms with Crippen LogP contribution in [-0.4, -0.2) is 41.2 Å². The van der Waals surface area contributed by atoms with E-state index >= 15 is 0 Å². The van der Waals surface area contributed by atoms with Crippen LogP contribution in [0.1, 0.15) is 23.2 Å². The molecule has 5 N–H and O–H groups in total. The van der Waals surface area contributed by atoms with Crippen molar-refractivity contribution in [2.24, 2.45) is 5.73 Å². The van der Waals surface area contributed by atoms with E-state index < -0.39 is 16.9 Å². The van der Waals surface area contributed by atoms with E-state index in [1.54, 1.807) is 0 Å². The molecule has 1 heterocycles. The molecule has 0 aliphatic carbocycles. The number of hydrogen-bond donors (Lipinski definition) is 4. The first-order valence-corrected chi connectivity index (χ1v) is 6.87. The van der Waals surface area contributed by atoms with Crippen LogP contribution < -0.4 is 21.1 Å². The van der Waals surface area contributed by atoms with Crippen LogP contribution in [0.2, 0.25) is 0 Å². The first-order chi connectivity index (χ1) is 10.9. The topological polar surface area (TPSA) is 157 Å². The quantitative estimate of drug-likeness (QED) is 0.344. The summed E-state index contributed by atoms with van der Waals surface area (Å²) in [5, 5.41) is 24.9. The third kappa shape index (κ3) is 3.99. The largest absolute Gasteiger partial charge is 0.489 e. The van der Waals surface area contributed by atoms with Crippen molar-refractivity contribution in [2.75, 3.05) is 18.5 Å². The van der Waals surface area contributed by atoms with Gasteiger partial charge in [0.05, 0.1) is 11.0 Å². The summed E-state index contributed by atoms with van der Waals surface area (Å²) in [6.07, 6.45) is 0.0161. The summed E-state index contributed by atoms with van der Waals surface area (Å²) >= 11 is 0. The van der Waals surface area contributed by atoms with Gasteiger partial charge in [0, 0.05) is 18.2 Å². The van der Waals surface area contributed by atoms with E-state index in [1.165, 1.54) is 6.07 Å². The molecule has 10 heteroatoms. The minimum Gasteiger partial charge on any atom is -0.489 e. The van der Waals surface area contributed by atoms with E-state index in [2.05, 4.69) is 10.6 Å². The van der Waals surface area contributed by atoms with Crippen LogP contribution in [0, 0.1) is 10.1 Å². The van der Waals surface area contributed by atoms with Crippen molar-refractivity contribution >= 4 is 23.4 Å². The number of fused-ring (bicyclic) bond motifs is 1. The van der Waals surface area contributed by atoms with Crippen LogP contribution in [0.15, 0.2) is 12.1 Å². The fourth-order valence-corrected chi connectivity index (χ4v) is 2.28. The molecule has 1 unspecified atom stereocenters. The monoisotopic (exact) mass is 324 g/mol. The predicted octanol–water partition coefficient (Wildman–Crippen LogP) is 0.914. The van der Waals surface area contributed by atoms with Crippen LogP contribution >= 0.6 is 0 Å². The fraction of sp³-hybridized carbons (Fsp3) is 0.385. The number of carbonyl (C=O) groups excluding carboxylic acids is 1. The van der Waals surface area contributed by atoms with Crippen molar-refractivity contribution in [1.82, 2.24) is 5.32 Å². The molecule has 1 aliphatic heterocycles. The van der Waals surface area contributed by atoms with Gasteiger partial charge < -0.3 is 26.2 Å². The number of anilines is 1. The van der Waals surface area contributed by atoms with Gasteiger partial charge in [-0.05, 0) is 18.9 Å². The Balaban J connectivity index is 2.11. The molecule has 0 aromatic heterocycles. The van der Waals surface area contributed by atoms with Crippen LogP contribution in [0.4, 0.5) is 16.2 Å². The third-order valence-corrected chi connectivity index (χ3v) is 3.36. The summed E-state index contributed by atoms with van der Waals surface area (Å²) in [6, 6.07) is 2.27. The molecule has 2 amide bonds. The van der Waals surface area contributed by atoms with E-state index in [4.69, 9.17) is 15.6 Å². The predicted molar refractivity (Wildman–Crippen MR) is 79.8 cm³/mol. The minimum absolute atomic E-state index is 0.00126. The number of nitro groups is 1. The van der Waals surface area contributed by atoms with E-state index in [0.717, 1.165) is 6.07 Å². The van der Waals surface area contributed by atoms with Crippen molar-refractivity contribution in [2.45, 2.75) is 18.9 Å². The number of rotatable bonds is 6. The summed E-state index contributed by atoms with van der Waals surface area (Å²) in [5.74, 6) is -0.575. The maximum atomic E-state index is 11.2. The molecule has 1 aliphatic rings. The number of carboxylic acid groups (broad SMARTS) is 1. The highest BCUT2D eigenvalue weighted by molar-refractivity contribution is 5.95. The van der Waals surface area contributed by atoms with Gasteiger partial charge in [0.15, 0.2) is 5.69 Å². The molecule has 23 heavy (non-hydrogen) atoms. The summed E-state index contributed by atoms with van der Waals surface area (Å²) < 4.78 is 5.48. The molecule has 0 bridgehead atoms. The van der Waals surface area contributed by atoms with Gasteiger partial charge in [0.25, 0.3) is 5.69 Å².